The lowest BCUT2D eigenvalue weighted by atomic mass is 10.1. The molecular formula is C14H23N3O. The largest absolute Gasteiger partial charge is 0.477 e. The Morgan fingerprint density at radius 1 is 1.22 bits per heavy atom. The number of rotatable bonds is 7. The van der Waals surface area contributed by atoms with Gasteiger partial charge >= 0.3 is 0 Å². The van der Waals surface area contributed by atoms with Gasteiger partial charge in [0.15, 0.2) is 0 Å². The second-order valence-electron chi connectivity index (χ2n) is 4.79. The van der Waals surface area contributed by atoms with Crippen LogP contribution in [0.25, 0.3) is 0 Å². The molecule has 4 nitrogen and oxygen atoms in total. The highest BCUT2D eigenvalue weighted by molar-refractivity contribution is 5.31. The Hall–Kier alpha value is -1.16. The van der Waals surface area contributed by atoms with Crippen LogP contribution >= 0.6 is 0 Å². The average molecular weight is 249 g/mol. The van der Waals surface area contributed by atoms with Gasteiger partial charge in [0, 0.05) is 25.1 Å². The Morgan fingerprint density at radius 2 is 2.11 bits per heavy atom. The lowest BCUT2D eigenvalue weighted by Gasteiger charge is -2.18. The number of nitrogens with one attached hydrogen (secondary N) is 1. The van der Waals surface area contributed by atoms with Crippen LogP contribution in [0, 0.1) is 0 Å². The fourth-order valence-corrected chi connectivity index (χ4v) is 2.24. The minimum Gasteiger partial charge on any atom is -0.477 e. The van der Waals surface area contributed by atoms with E-state index in [1.54, 1.807) is 6.33 Å². The van der Waals surface area contributed by atoms with Crippen LogP contribution in [0.3, 0.4) is 0 Å². The molecule has 18 heavy (non-hydrogen) atoms. The normalized spacial score (nSPS) is 14.3. The monoisotopic (exact) mass is 249 g/mol. The van der Waals surface area contributed by atoms with E-state index >= 15 is 0 Å². The molecule has 1 aromatic rings. The first kappa shape index (κ1) is 13.3. The molecule has 100 valence electrons. The van der Waals surface area contributed by atoms with E-state index < -0.39 is 0 Å². The van der Waals surface area contributed by atoms with Gasteiger partial charge in [-0.2, -0.15) is 0 Å². The van der Waals surface area contributed by atoms with Crippen LogP contribution in [0.15, 0.2) is 6.33 Å². The molecule has 0 unspecified atom stereocenters. The molecule has 4 heteroatoms. The average Bonchev–Trinajstić information content (AvgIpc) is 2.43. The van der Waals surface area contributed by atoms with Gasteiger partial charge in [-0.05, 0) is 6.42 Å². The lowest BCUT2D eigenvalue weighted by molar-refractivity contribution is 0.287. The maximum absolute atomic E-state index is 5.79. The van der Waals surface area contributed by atoms with E-state index in [1.807, 2.05) is 0 Å². The highest BCUT2D eigenvalue weighted by atomic mass is 16.5. The summed E-state index contributed by atoms with van der Waals surface area (Å²) in [4.78, 5) is 8.57. The van der Waals surface area contributed by atoms with Crippen molar-refractivity contribution in [2.75, 3.05) is 13.2 Å². The van der Waals surface area contributed by atoms with Gasteiger partial charge in [-0.15, -0.1) is 0 Å². The second-order valence-corrected chi connectivity index (χ2v) is 4.79. The van der Waals surface area contributed by atoms with Gasteiger partial charge in [0.2, 0.25) is 5.88 Å². The molecule has 0 saturated heterocycles. The molecule has 2 heterocycles. The number of hydrogen-bond acceptors (Lipinski definition) is 4. The van der Waals surface area contributed by atoms with Crippen molar-refractivity contribution in [3.63, 3.8) is 0 Å². The molecule has 0 radical (unpaired) electrons. The van der Waals surface area contributed by atoms with Crippen molar-refractivity contribution < 1.29 is 4.74 Å². The van der Waals surface area contributed by atoms with Crippen molar-refractivity contribution >= 4 is 0 Å². The maximum atomic E-state index is 5.79. The maximum Gasteiger partial charge on any atom is 0.221 e. The SMILES string of the molecule is CCCCCCCOc1ncnc2c1CNCC2. The first-order chi connectivity index (χ1) is 8.92. The summed E-state index contributed by atoms with van der Waals surface area (Å²) >= 11 is 0. The zero-order chi connectivity index (χ0) is 12.6. The first-order valence-corrected chi connectivity index (χ1v) is 7.08. The summed E-state index contributed by atoms with van der Waals surface area (Å²) in [5.74, 6) is 0.780. The van der Waals surface area contributed by atoms with Crippen molar-refractivity contribution in [3.05, 3.63) is 17.6 Å². The van der Waals surface area contributed by atoms with Crippen molar-refractivity contribution in [1.82, 2.24) is 15.3 Å². The molecule has 1 aliphatic rings. The second kappa shape index (κ2) is 7.31. The van der Waals surface area contributed by atoms with Gasteiger partial charge in [0.05, 0.1) is 12.3 Å². The molecule has 1 aliphatic heterocycles. The predicted octanol–water partition coefficient (Wildman–Crippen LogP) is 2.47. The van der Waals surface area contributed by atoms with E-state index in [0.717, 1.165) is 49.7 Å². The Kier molecular flexibility index (Phi) is 5.39. The lowest BCUT2D eigenvalue weighted by Crippen LogP contribution is -2.25. The highest BCUT2D eigenvalue weighted by Crippen LogP contribution is 2.20. The zero-order valence-electron chi connectivity index (χ0n) is 11.2. The smallest absolute Gasteiger partial charge is 0.221 e. The van der Waals surface area contributed by atoms with Crippen LogP contribution in [0.5, 0.6) is 5.88 Å². The topological polar surface area (TPSA) is 47.0 Å². The molecule has 1 aromatic heterocycles. The van der Waals surface area contributed by atoms with Gasteiger partial charge < -0.3 is 10.1 Å². The summed E-state index contributed by atoms with van der Waals surface area (Å²) in [6.45, 7) is 4.84. The Bertz CT molecular complexity index is 368. The Balaban J connectivity index is 1.79. The van der Waals surface area contributed by atoms with E-state index in [-0.39, 0.29) is 0 Å². The van der Waals surface area contributed by atoms with E-state index in [4.69, 9.17) is 4.74 Å². The number of nitrogens with zero attached hydrogens (tertiary/aromatic N) is 2. The number of fused-ring (bicyclic) bond motifs is 1. The zero-order valence-corrected chi connectivity index (χ0v) is 11.2. The van der Waals surface area contributed by atoms with Gasteiger partial charge in [-0.3, -0.25) is 0 Å². The molecule has 1 N–H and O–H groups in total. The third-order valence-corrected chi connectivity index (χ3v) is 3.32. The van der Waals surface area contributed by atoms with E-state index in [2.05, 4.69) is 22.2 Å². The number of aromatic nitrogens is 2. The first-order valence-electron chi connectivity index (χ1n) is 7.08. The van der Waals surface area contributed by atoms with Gasteiger partial charge in [-0.1, -0.05) is 32.6 Å². The van der Waals surface area contributed by atoms with Gasteiger partial charge in [0.25, 0.3) is 0 Å². The summed E-state index contributed by atoms with van der Waals surface area (Å²) in [6, 6.07) is 0. The van der Waals surface area contributed by atoms with E-state index in [1.165, 1.54) is 25.7 Å². The van der Waals surface area contributed by atoms with Gasteiger partial charge in [0.1, 0.15) is 6.33 Å². The summed E-state index contributed by atoms with van der Waals surface area (Å²) < 4.78 is 5.79. The van der Waals surface area contributed by atoms with Crippen molar-refractivity contribution in [3.8, 4) is 5.88 Å². The summed E-state index contributed by atoms with van der Waals surface area (Å²) in [7, 11) is 0. The molecular weight excluding hydrogens is 226 g/mol. The van der Waals surface area contributed by atoms with E-state index in [0.29, 0.717) is 0 Å². The number of hydrogen-bond donors (Lipinski definition) is 1. The standard InChI is InChI=1S/C14H23N3O/c1-2-3-4-5-6-9-18-14-12-10-15-8-7-13(12)16-11-17-14/h11,15H,2-10H2,1H3. The van der Waals surface area contributed by atoms with E-state index in [9.17, 15) is 0 Å². The third kappa shape index (κ3) is 3.67. The molecule has 2 rings (SSSR count). The molecule has 0 fully saturated rings. The predicted molar refractivity (Wildman–Crippen MR) is 71.7 cm³/mol. The van der Waals surface area contributed by atoms with Crippen LogP contribution in [0.4, 0.5) is 0 Å². The molecule has 0 atom stereocenters. The van der Waals surface area contributed by atoms with Crippen LogP contribution in [0.1, 0.15) is 50.3 Å². The fraction of sp³-hybridized carbons (Fsp3) is 0.714. The number of ether oxygens (including phenoxy) is 1. The van der Waals surface area contributed by atoms with Crippen molar-refractivity contribution in [2.24, 2.45) is 0 Å². The molecule has 0 spiro atoms. The summed E-state index contributed by atoms with van der Waals surface area (Å²) in [5, 5.41) is 3.34. The van der Waals surface area contributed by atoms with Gasteiger partial charge in [-0.25, -0.2) is 9.97 Å². The quantitative estimate of drug-likeness (QED) is 0.754. The molecule has 0 aromatic carbocycles. The third-order valence-electron chi connectivity index (χ3n) is 3.32. The van der Waals surface area contributed by atoms with Crippen molar-refractivity contribution in [1.29, 1.82) is 0 Å². The van der Waals surface area contributed by atoms with Crippen LogP contribution in [0.2, 0.25) is 0 Å². The fourth-order valence-electron chi connectivity index (χ4n) is 2.24. The van der Waals surface area contributed by atoms with Crippen LogP contribution in [-0.4, -0.2) is 23.1 Å². The molecule has 0 aliphatic carbocycles. The highest BCUT2D eigenvalue weighted by Gasteiger charge is 2.15. The number of unbranched alkanes of at least 4 members (excludes halogenated alkanes) is 4. The van der Waals surface area contributed by atoms with Crippen LogP contribution in [-0.2, 0) is 13.0 Å². The Morgan fingerprint density at radius 3 is 3.00 bits per heavy atom. The van der Waals surface area contributed by atoms with Crippen LogP contribution < -0.4 is 10.1 Å². The summed E-state index contributed by atoms with van der Waals surface area (Å²) in [5.41, 5.74) is 2.29. The minimum atomic E-state index is 0.771. The molecule has 0 saturated carbocycles. The Labute approximate surface area is 109 Å². The molecule has 0 bridgehead atoms. The van der Waals surface area contributed by atoms with Crippen molar-refractivity contribution in [2.45, 2.75) is 52.0 Å². The molecule has 0 amide bonds. The minimum absolute atomic E-state index is 0.771. The summed E-state index contributed by atoms with van der Waals surface area (Å²) in [6.07, 6.45) is 8.88.